The molecule has 0 spiro atoms. The number of aromatic nitrogens is 2. The van der Waals surface area contributed by atoms with Crippen molar-refractivity contribution >= 4 is 29.2 Å². The van der Waals surface area contributed by atoms with Gasteiger partial charge in [0.2, 0.25) is 11.9 Å². The van der Waals surface area contributed by atoms with E-state index in [-0.39, 0.29) is 23.6 Å². The highest BCUT2D eigenvalue weighted by atomic mass is 35.5. The van der Waals surface area contributed by atoms with Crippen LogP contribution in [0.3, 0.4) is 0 Å². The summed E-state index contributed by atoms with van der Waals surface area (Å²) in [7, 11) is 0. The van der Waals surface area contributed by atoms with Crippen LogP contribution in [0.25, 0.3) is 0 Å². The number of Topliss-reactive ketones (excluding diaryl/α,β-unsaturated/α-hetero) is 1. The molecular formula is C17H16ClN3O2. The van der Waals surface area contributed by atoms with Gasteiger partial charge in [0.05, 0.1) is 11.3 Å². The molecule has 0 bridgehead atoms. The van der Waals surface area contributed by atoms with Gasteiger partial charge in [0.15, 0.2) is 5.78 Å². The van der Waals surface area contributed by atoms with Crippen LogP contribution < -0.4 is 5.32 Å². The molecule has 0 fully saturated rings. The van der Waals surface area contributed by atoms with E-state index < -0.39 is 0 Å². The molecule has 5 nitrogen and oxygen atoms in total. The van der Waals surface area contributed by atoms with E-state index in [0.29, 0.717) is 35.5 Å². The third-order valence-corrected chi connectivity index (χ3v) is 4.21. The first-order valence-electron chi connectivity index (χ1n) is 7.51. The van der Waals surface area contributed by atoms with Crippen molar-refractivity contribution in [2.45, 2.75) is 32.1 Å². The van der Waals surface area contributed by atoms with Crippen LogP contribution in [0.2, 0.25) is 5.02 Å². The highest BCUT2D eigenvalue weighted by Gasteiger charge is 2.28. The smallest absolute Gasteiger partial charge is 0.229 e. The summed E-state index contributed by atoms with van der Waals surface area (Å²) in [5.74, 6) is 0.193. The van der Waals surface area contributed by atoms with Crippen LogP contribution in [-0.4, -0.2) is 21.7 Å². The molecular weight excluding hydrogens is 314 g/mol. The lowest BCUT2D eigenvalue weighted by Crippen LogP contribution is -2.22. The monoisotopic (exact) mass is 329 g/mol. The van der Waals surface area contributed by atoms with Crippen molar-refractivity contribution in [3.8, 4) is 0 Å². The molecule has 1 atom stereocenters. The van der Waals surface area contributed by atoms with E-state index >= 15 is 0 Å². The van der Waals surface area contributed by atoms with Crippen LogP contribution in [0.15, 0.2) is 30.5 Å². The maximum atomic E-state index is 12.3. The molecule has 1 aliphatic carbocycles. The number of nitrogens with one attached hydrogen (secondary N) is 1. The van der Waals surface area contributed by atoms with E-state index in [9.17, 15) is 9.59 Å². The molecule has 1 amide bonds. The standard InChI is InChI=1S/C17H16ClN3O2/c1-2-16(23)21-17-19-9-13-14(20-17)7-11(8-15(13)22)10-3-5-12(18)6-4-10/h3-6,9,11H,2,7-8H2,1H3,(H,19,20,21,23)/t11-/m1/s1. The van der Waals surface area contributed by atoms with Crippen LogP contribution in [0.1, 0.15) is 47.3 Å². The Morgan fingerprint density at radius 3 is 2.74 bits per heavy atom. The topological polar surface area (TPSA) is 72.0 Å². The number of ketones is 1. The molecule has 3 rings (SSSR count). The van der Waals surface area contributed by atoms with Crippen molar-refractivity contribution in [2.75, 3.05) is 5.32 Å². The number of nitrogens with zero attached hydrogens (tertiary/aromatic N) is 2. The minimum atomic E-state index is -0.152. The number of amides is 1. The fraction of sp³-hybridized carbons (Fsp3) is 0.294. The normalized spacial score (nSPS) is 16.8. The molecule has 6 heteroatoms. The lowest BCUT2D eigenvalue weighted by atomic mass is 9.82. The number of halogens is 1. The molecule has 1 aromatic heterocycles. The number of fused-ring (bicyclic) bond motifs is 1. The number of hydrogen-bond acceptors (Lipinski definition) is 4. The molecule has 1 aliphatic rings. The van der Waals surface area contributed by atoms with E-state index in [2.05, 4.69) is 15.3 Å². The van der Waals surface area contributed by atoms with Gasteiger partial charge in [0.1, 0.15) is 0 Å². The lowest BCUT2D eigenvalue weighted by molar-refractivity contribution is -0.115. The summed E-state index contributed by atoms with van der Waals surface area (Å²) in [5.41, 5.74) is 2.29. The molecule has 0 aliphatic heterocycles. The van der Waals surface area contributed by atoms with Gasteiger partial charge >= 0.3 is 0 Å². The molecule has 0 saturated heterocycles. The number of hydrogen-bond donors (Lipinski definition) is 1. The van der Waals surface area contributed by atoms with Gasteiger partial charge in [-0.1, -0.05) is 30.7 Å². The quantitative estimate of drug-likeness (QED) is 0.936. The Morgan fingerprint density at radius 1 is 1.30 bits per heavy atom. The second-order valence-electron chi connectivity index (χ2n) is 5.54. The highest BCUT2D eigenvalue weighted by Crippen LogP contribution is 2.32. The maximum Gasteiger partial charge on any atom is 0.229 e. The van der Waals surface area contributed by atoms with Crippen molar-refractivity contribution in [2.24, 2.45) is 0 Å². The fourth-order valence-corrected chi connectivity index (χ4v) is 2.81. The summed E-state index contributed by atoms with van der Waals surface area (Å²) in [6.07, 6.45) is 2.93. The third-order valence-electron chi connectivity index (χ3n) is 3.95. The van der Waals surface area contributed by atoms with Gasteiger partial charge in [-0.3, -0.25) is 14.9 Å². The average Bonchev–Trinajstić information content (AvgIpc) is 2.55. The molecule has 23 heavy (non-hydrogen) atoms. The van der Waals surface area contributed by atoms with Crippen LogP contribution in [0.5, 0.6) is 0 Å². The molecule has 0 saturated carbocycles. The largest absolute Gasteiger partial charge is 0.295 e. The van der Waals surface area contributed by atoms with Crippen molar-refractivity contribution in [1.29, 1.82) is 0 Å². The summed E-state index contributed by atoms with van der Waals surface area (Å²) in [6.45, 7) is 1.76. The summed E-state index contributed by atoms with van der Waals surface area (Å²) in [5, 5.41) is 3.30. The van der Waals surface area contributed by atoms with Crippen LogP contribution >= 0.6 is 11.6 Å². The van der Waals surface area contributed by atoms with Gasteiger partial charge in [-0.2, -0.15) is 0 Å². The van der Waals surface area contributed by atoms with Crippen molar-refractivity contribution in [3.63, 3.8) is 0 Å². The Labute approximate surface area is 139 Å². The molecule has 1 heterocycles. The van der Waals surface area contributed by atoms with E-state index in [1.807, 2.05) is 24.3 Å². The van der Waals surface area contributed by atoms with E-state index in [4.69, 9.17) is 11.6 Å². The van der Waals surface area contributed by atoms with E-state index in [0.717, 1.165) is 5.56 Å². The first-order valence-corrected chi connectivity index (χ1v) is 7.89. The summed E-state index contributed by atoms with van der Waals surface area (Å²) in [6, 6.07) is 7.52. The first kappa shape index (κ1) is 15.6. The zero-order valence-corrected chi connectivity index (χ0v) is 13.4. The summed E-state index contributed by atoms with van der Waals surface area (Å²) in [4.78, 5) is 32.2. The minimum Gasteiger partial charge on any atom is -0.295 e. The number of benzene rings is 1. The Kier molecular flexibility index (Phi) is 4.39. The average molecular weight is 330 g/mol. The van der Waals surface area contributed by atoms with Crippen molar-refractivity contribution < 1.29 is 9.59 Å². The van der Waals surface area contributed by atoms with Crippen molar-refractivity contribution in [3.05, 3.63) is 52.3 Å². The molecule has 1 N–H and O–H groups in total. The molecule has 0 unspecified atom stereocenters. The summed E-state index contributed by atoms with van der Waals surface area (Å²) < 4.78 is 0. The van der Waals surface area contributed by atoms with Crippen LogP contribution in [-0.2, 0) is 11.2 Å². The van der Waals surface area contributed by atoms with E-state index in [1.165, 1.54) is 6.20 Å². The second kappa shape index (κ2) is 6.46. The van der Waals surface area contributed by atoms with Crippen molar-refractivity contribution in [1.82, 2.24) is 9.97 Å². The van der Waals surface area contributed by atoms with Crippen LogP contribution in [0.4, 0.5) is 5.95 Å². The van der Waals surface area contributed by atoms with Gasteiger partial charge in [-0.25, -0.2) is 9.97 Å². The van der Waals surface area contributed by atoms with Crippen LogP contribution in [0, 0.1) is 0 Å². The third kappa shape index (κ3) is 3.40. The van der Waals surface area contributed by atoms with Gasteiger partial charge in [0, 0.05) is 24.1 Å². The zero-order valence-electron chi connectivity index (χ0n) is 12.7. The number of anilines is 1. The zero-order chi connectivity index (χ0) is 16.4. The van der Waals surface area contributed by atoms with E-state index in [1.54, 1.807) is 6.92 Å². The predicted octanol–water partition coefficient (Wildman–Crippen LogP) is 3.39. The first-order chi connectivity index (χ1) is 11.1. The highest BCUT2D eigenvalue weighted by molar-refractivity contribution is 6.30. The predicted molar refractivity (Wildman–Crippen MR) is 87.8 cm³/mol. The Hall–Kier alpha value is -2.27. The Morgan fingerprint density at radius 2 is 2.04 bits per heavy atom. The Bertz CT molecular complexity index is 759. The SMILES string of the molecule is CCC(=O)Nc1ncc2c(n1)C[C@@H](c1ccc(Cl)cc1)CC2=O. The van der Waals surface area contributed by atoms with Gasteiger partial charge in [-0.15, -0.1) is 0 Å². The molecule has 118 valence electrons. The van der Waals surface area contributed by atoms with Gasteiger partial charge < -0.3 is 0 Å². The number of carbonyl (C=O) groups is 2. The Balaban J connectivity index is 1.88. The molecule has 0 radical (unpaired) electrons. The molecule has 2 aromatic rings. The maximum absolute atomic E-state index is 12.3. The fourth-order valence-electron chi connectivity index (χ4n) is 2.69. The lowest BCUT2D eigenvalue weighted by Gasteiger charge is -2.23. The van der Waals surface area contributed by atoms with Gasteiger partial charge in [-0.05, 0) is 30.0 Å². The van der Waals surface area contributed by atoms with Gasteiger partial charge in [0.25, 0.3) is 0 Å². The molecule has 1 aromatic carbocycles. The minimum absolute atomic E-state index is 0.0274. The second-order valence-corrected chi connectivity index (χ2v) is 5.97. The number of rotatable bonds is 3. The number of carbonyl (C=O) groups excluding carboxylic acids is 2. The summed E-state index contributed by atoms with van der Waals surface area (Å²) >= 11 is 5.92.